The number of fused-ring (bicyclic) bond motifs is 1. The molecule has 0 unspecified atom stereocenters. The van der Waals surface area contributed by atoms with Gasteiger partial charge in [-0.1, -0.05) is 6.92 Å². The van der Waals surface area contributed by atoms with Crippen LogP contribution in [0.1, 0.15) is 37.0 Å². The summed E-state index contributed by atoms with van der Waals surface area (Å²) in [4.78, 5) is 27.0. The first kappa shape index (κ1) is 23.5. The van der Waals surface area contributed by atoms with Crippen molar-refractivity contribution in [2.45, 2.75) is 38.8 Å². The maximum atomic E-state index is 13.3. The van der Waals surface area contributed by atoms with Crippen molar-refractivity contribution in [3.05, 3.63) is 23.8 Å². The van der Waals surface area contributed by atoms with Gasteiger partial charge in [-0.2, -0.15) is 0 Å². The van der Waals surface area contributed by atoms with Gasteiger partial charge in [0.1, 0.15) is 11.9 Å². The summed E-state index contributed by atoms with van der Waals surface area (Å²) >= 11 is 0. The molecule has 2 aliphatic rings. The SMILES string of the molecule is C[C@@H]1CN([C@H](C)CO)C(=O)c2cc(NC(=O)C3CC3)ccc2O[C@H]1CN(C)S(C)(=O)=O. The molecule has 3 rings (SSSR count). The van der Waals surface area contributed by atoms with Crippen LogP contribution in [0.25, 0.3) is 0 Å². The molecule has 1 aliphatic heterocycles. The van der Waals surface area contributed by atoms with E-state index in [1.165, 1.54) is 11.4 Å². The van der Waals surface area contributed by atoms with Gasteiger partial charge in [0.2, 0.25) is 15.9 Å². The first-order valence-electron chi connectivity index (χ1n) is 10.5. The number of carbonyl (C=O) groups is 2. The fraction of sp³-hybridized carbons (Fsp3) is 0.619. The van der Waals surface area contributed by atoms with Gasteiger partial charge >= 0.3 is 0 Å². The molecule has 2 amide bonds. The highest BCUT2D eigenvalue weighted by Gasteiger charge is 2.35. The molecule has 1 aromatic carbocycles. The molecule has 1 aromatic rings. The van der Waals surface area contributed by atoms with Gasteiger partial charge in [-0.25, -0.2) is 12.7 Å². The minimum absolute atomic E-state index is 0.0247. The lowest BCUT2D eigenvalue weighted by Gasteiger charge is -2.38. The zero-order valence-electron chi connectivity index (χ0n) is 18.4. The zero-order valence-corrected chi connectivity index (χ0v) is 19.2. The number of aliphatic hydroxyl groups excluding tert-OH is 1. The topological polar surface area (TPSA) is 116 Å². The molecule has 2 N–H and O–H groups in total. The van der Waals surface area contributed by atoms with Gasteiger partial charge < -0.3 is 20.1 Å². The number of benzene rings is 1. The van der Waals surface area contributed by atoms with Gasteiger partial charge in [0, 0.05) is 31.1 Å². The molecule has 0 bridgehead atoms. The normalized spacial score (nSPS) is 22.9. The molecule has 0 aromatic heterocycles. The van der Waals surface area contributed by atoms with Crippen molar-refractivity contribution in [3.63, 3.8) is 0 Å². The van der Waals surface area contributed by atoms with E-state index >= 15 is 0 Å². The number of amides is 2. The second kappa shape index (κ2) is 9.13. The molecule has 1 fully saturated rings. The van der Waals surface area contributed by atoms with Crippen molar-refractivity contribution in [3.8, 4) is 5.75 Å². The number of sulfonamides is 1. The molecule has 0 radical (unpaired) electrons. The Morgan fingerprint density at radius 2 is 2.06 bits per heavy atom. The predicted octanol–water partition coefficient (Wildman–Crippen LogP) is 1.15. The fourth-order valence-corrected chi connectivity index (χ4v) is 3.91. The predicted molar refractivity (Wildman–Crippen MR) is 116 cm³/mol. The maximum absolute atomic E-state index is 13.3. The number of carbonyl (C=O) groups excluding carboxylic acids is 2. The smallest absolute Gasteiger partial charge is 0.258 e. The summed E-state index contributed by atoms with van der Waals surface area (Å²) in [6, 6.07) is 4.46. The molecular formula is C21H31N3O6S. The Morgan fingerprint density at radius 1 is 1.39 bits per heavy atom. The highest BCUT2D eigenvalue weighted by Crippen LogP contribution is 2.33. The van der Waals surface area contributed by atoms with Crippen molar-refractivity contribution in [1.29, 1.82) is 0 Å². The van der Waals surface area contributed by atoms with Crippen molar-refractivity contribution in [1.82, 2.24) is 9.21 Å². The number of nitrogens with one attached hydrogen (secondary N) is 1. The van der Waals surface area contributed by atoms with Crippen LogP contribution in [-0.2, 0) is 14.8 Å². The summed E-state index contributed by atoms with van der Waals surface area (Å²) in [5.74, 6) is -0.217. The van der Waals surface area contributed by atoms with Gasteiger partial charge in [-0.05, 0) is 38.0 Å². The number of ether oxygens (including phenoxy) is 1. The molecule has 1 saturated carbocycles. The number of aliphatic hydroxyl groups is 1. The van der Waals surface area contributed by atoms with E-state index in [1.807, 2.05) is 6.92 Å². The Balaban J connectivity index is 1.96. The third-order valence-corrected chi connectivity index (χ3v) is 7.17. The molecule has 1 aliphatic carbocycles. The second-order valence-electron chi connectivity index (χ2n) is 8.64. The van der Waals surface area contributed by atoms with Gasteiger partial charge in [-0.3, -0.25) is 9.59 Å². The van der Waals surface area contributed by atoms with Gasteiger partial charge in [0.15, 0.2) is 0 Å². The lowest BCUT2D eigenvalue weighted by Crippen LogP contribution is -2.50. The average molecular weight is 454 g/mol. The lowest BCUT2D eigenvalue weighted by molar-refractivity contribution is -0.117. The largest absolute Gasteiger partial charge is 0.488 e. The number of anilines is 1. The summed E-state index contributed by atoms with van der Waals surface area (Å²) < 4.78 is 31.2. The van der Waals surface area contributed by atoms with Crippen LogP contribution >= 0.6 is 0 Å². The lowest BCUT2D eigenvalue weighted by atomic mass is 9.99. The number of likely N-dealkylation sites (N-methyl/N-ethyl adjacent to an activating group) is 1. The third kappa shape index (κ3) is 5.55. The fourth-order valence-electron chi connectivity index (χ4n) is 3.50. The van der Waals surface area contributed by atoms with E-state index < -0.39 is 22.2 Å². The first-order valence-corrected chi connectivity index (χ1v) is 12.3. The van der Waals surface area contributed by atoms with Crippen molar-refractivity contribution in [2.24, 2.45) is 11.8 Å². The number of hydrogen-bond acceptors (Lipinski definition) is 6. The minimum Gasteiger partial charge on any atom is -0.488 e. The molecular weight excluding hydrogens is 422 g/mol. The number of rotatable bonds is 7. The van der Waals surface area contributed by atoms with E-state index in [0.717, 1.165) is 19.1 Å². The zero-order chi connectivity index (χ0) is 22.9. The summed E-state index contributed by atoms with van der Waals surface area (Å²) in [5.41, 5.74) is 0.774. The van der Waals surface area contributed by atoms with E-state index in [2.05, 4.69) is 5.32 Å². The highest BCUT2D eigenvalue weighted by atomic mass is 32.2. The molecule has 172 valence electrons. The van der Waals surface area contributed by atoms with Crippen LogP contribution in [0.15, 0.2) is 18.2 Å². The minimum atomic E-state index is -3.41. The van der Waals surface area contributed by atoms with Crippen molar-refractivity contribution < 1.29 is 27.9 Å². The van der Waals surface area contributed by atoms with E-state index in [0.29, 0.717) is 18.0 Å². The number of nitrogens with zero attached hydrogens (tertiary/aromatic N) is 2. The second-order valence-corrected chi connectivity index (χ2v) is 10.7. The van der Waals surface area contributed by atoms with E-state index in [9.17, 15) is 23.1 Å². The molecule has 3 atom stereocenters. The van der Waals surface area contributed by atoms with Gasteiger partial charge in [0.25, 0.3) is 5.91 Å². The summed E-state index contributed by atoms with van der Waals surface area (Å²) in [6.07, 6.45) is 2.36. The Morgan fingerprint density at radius 3 is 2.65 bits per heavy atom. The monoisotopic (exact) mass is 453 g/mol. The first-order chi connectivity index (χ1) is 14.5. The van der Waals surface area contributed by atoms with E-state index in [-0.39, 0.29) is 42.4 Å². The maximum Gasteiger partial charge on any atom is 0.258 e. The van der Waals surface area contributed by atoms with Crippen LogP contribution in [-0.4, -0.2) is 79.7 Å². The van der Waals surface area contributed by atoms with Gasteiger partial charge in [-0.15, -0.1) is 0 Å². The Kier molecular flexibility index (Phi) is 6.92. The Labute approximate surface area is 183 Å². The molecule has 1 heterocycles. The summed E-state index contributed by atoms with van der Waals surface area (Å²) in [7, 11) is -1.92. The van der Waals surface area contributed by atoms with Crippen LogP contribution in [0, 0.1) is 11.8 Å². The Bertz CT molecular complexity index is 946. The Hall–Kier alpha value is -2.17. The molecule has 9 nitrogen and oxygen atoms in total. The summed E-state index contributed by atoms with van der Waals surface area (Å²) in [5, 5.41) is 12.5. The highest BCUT2D eigenvalue weighted by molar-refractivity contribution is 7.88. The third-order valence-electron chi connectivity index (χ3n) is 5.88. The molecule has 0 spiro atoms. The van der Waals surface area contributed by atoms with Crippen LogP contribution in [0.4, 0.5) is 5.69 Å². The summed E-state index contributed by atoms with van der Waals surface area (Å²) in [6.45, 7) is 3.85. The van der Waals surface area contributed by atoms with Crippen LogP contribution in [0.3, 0.4) is 0 Å². The van der Waals surface area contributed by atoms with Crippen molar-refractivity contribution in [2.75, 3.05) is 38.3 Å². The standard InChI is InChI=1S/C21H31N3O6S/c1-13-10-24(14(2)12-25)21(27)17-9-16(22-20(26)15-5-6-15)7-8-18(17)30-19(13)11-23(3)31(4,28)29/h7-9,13-15,19,25H,5-6,10-12H2,1-4H3,(H,22,26)/t13-,14-,19+/m1/s1. The van der Waals surface area contributed by atoms with Crippen LogP contribution < -0.4 is 10.1 Å². The van der Waals surface area contributed by atoms with E-state index in [1.54, 1.807) is 30.0 Å². The van der Waals surface area contributed by atoms with Crippen LogP contribution in [0.2, 0.25) is 0 Å². The average Bonchev–Trinajstić information content (AvgIpc) is 3.55. The molecule has 10 heteroatoms. The van der Waals surface area contributed by atoms with Gasteiger partial charge in [0.05, 0.1) is 31.0 Å². The molecule has 31 heavy (non-hydrogen) atoms. The molecule has 0 saturated heterocycles. The van der Waals surface area contributed by atoms with Crippen LogP contribution in [0.5, 0.6) is 5.75 Å². The number of hydrogen-bond donors (Lipinski definition) is 2. The quantitative estimate of drug-likeness (QED) is 0.640. The van der Waals surface area contributed by atoms with Crippen molar-refractivity contribution >= 4 is 27.5 Å². The van der Waals surface area contributed by atoms with E-state index in [4.69, 9.17) is 4.74 Å².